The Bertz CT molecular complexity index is 642. The molecule has 0 fully saturated rings. The van der Waals surface area contributed by atoms with E-state index in [1.807, 2.05) is 30.3 Å². The van der Waals surface area contributed by atoms with E-state index in [-0.39, 0.29) is 17.8 Å². The van der Waals surface area contributed by atoms with Crippen molar-refractivity contribution in [1.82, 2.24) is 0 Å². The third-order valence-corrected chi connectivity index (χ3v) is 4.33. The molecule has 0 saturated heterocycles. The smallest absolute Gasteiger partial charge is 0.188 e. The Kier molecular flexibility index (Phi) is 5.75. The van der Waals surface area contributed by atoms with E-state index in [2.05, 4.69) is 61.6 Å². The standard InChI is InChI=1S/C19H21IO2/c1-19(2,3)16-10-9-14(11-17(16)20)12-22-13-18(21)15-7-5-4-6-8-15/h4-11H,12-13H2,1-3H3. The van der Waals surface area contributed by atoms with Crippen molar-refractivity contribution in [2.45, 2.75) is 32.8 Å². The maximum Gasteiger partial charge on any atom is 0.188 e. The van der Waals surface area contributed by atoms with Crippen LogP contribution in [0.3, 0.4) is 0 Å². The van der Waals surface area contributed by atoms with Gasteiger partial charge in [0.25, 0.3) is 0 Å². The summed E-state index contributed by atoms with van der Waals surface area (Å²) in [5.74, 6) is 0.0154. The molecule has 2 nitrogen and oxygen atoms in total. The number of carbonyl (C=O) groups is 1. The summed E-state index contributed by atoms with van der Waals surface area (Å²) in [6, 6.07) is 15.6. The molecule has 2 aromatic carbocycles. The van der Waals surface area contributed by atoms with Gasteiger partial charge in [-0.05, 0) is 45.2 Å². The monoisotopic (exact) mass is 408 g/mol. The average molecular weight is 408 g/mol. The van der Waals surface area contributed by atoms with Crippen LogP contribution in [0.4, 0.5) is 0 Å². The van der Waals surface area contributed by atoms with E-state index in [9.17, 15) is 4.79 Å². The molecule has 116 valence electrons. The van der Waals surface area contributed by atoms with Crippen molar-refractivity contribution in [3.8, 4) is 0 Å². The molecule has 3 heteroatoms. The van der Waals surface area contributed by atoms with Crippen LogP contribution in [0.15, 0.2) is 48.5 Å². The highest BCUT2D eigenvalue weighted by Crippen LogP contribution is 2.27. The van der Waals surface area contributed by atoms with Crippen LogP contribution in [0.1, 0.15) is 42.3 Å². The third-order valence-electron chi connectivity index (χ3n) is 3.44. The molecule has 0 amide bonds. The Morgan fingerprint density at radius 3 is 2.36 bits per heavy atom. The van der Waals surface area contributed by atoms with Crippen LogP contribution in [0.25, 0.3) is 0 Å². The molecular formula is C19H21IO2. The van der Waals surface area contributed by atoms with Gasteiger partial charge in [0.05, 0.1) is 6.61 Å². The average Bonchev–Trinajstić information content (AvgIpc) is 2.47. The van der Waals surface area contributed by atoms with Crippen molar-refractivity contribution >= 4 is 28.4 Å². The Labute approximate surface area is 146 Å². The van der Waals surface area contributed by atoms with Gasteiger partial charge in [-0.1, -0.05) is 63.2 Å². The Hall–Kier alpha value is -1.20. The second kappa shape index (κ2) is 7.38. The topological polar surface area (TPSA) is 26.3 Å². The molecule has 0 aliphatic carbocycles. The summed E-state index contributed by atoms with van der Waals surface area (Å²) >= 11 is 2.36. The van der Waals surface area contributed by atoms with E-state index in [0.717, 1.165) is 5.56 Å². The number of halogens is 1. The lowest BCUT2D eigenvalue weighted by molar-refractivity contribution is 0.0726. The minimum atomic E-state index is 0.0154. The zero-order valence-corrected chi connectivity index (χ0v) is 15.4. The van der Waals surface area contributed by atoms with Crippen LogP contribution < -0.4 is 0 Å². The zero-order chi connectivity index (χ0) is 16.2. The van der Waals surface area contributed by atoms with Gasteiger partial charge < -0.3 is 4.74 Å². The van der Waals surface area contributed by atoms with Crippen LogP contribution in [0.2, 0.25) is 0 Å². The van der Waals surface area contributed by atoms with Crippen LogP contribution in [0.5, 0.6) is 0 Å². The highest BCUT2D eigenvalue weighted by atomic mass is 127. The Morgan fingerprint density at radius 1 is 1.09 bits per heavy atom. The molecule has 0 saturated carbocycles. The highest BCUT2D eigenvalue weighted by Gasteiger charge is 2.17. The fourth-order valence-corrected chi connectivity index (χ4v) is 3.61. The van der Waals surface area contributed by atoms with Crippen LogP contribution in [0, 0.1) is 3.57 Å². The van der Waals surface area contributed by atoms with Crippen molar-refractivity contribution in [3.63, 3.8) is 0 Å². The summed E-state index contributed by atoms with van der Waals surface area (Å²) in [5, 5.41) is 0. The zero-order valence-electron chi connectivity index (χ0n) is 13.2. The van der Waals surface area contributed by atoms with Gasteiger partial charge in [-0.3, -0.25) is 4.79 Å². The first-order valence-corrected chi connectivity index (χ1v) is 8.41. The summed E-state index contributed by atoms with van der Waals surface area (Å²) in [5.41, 5.74) is 3.26. The van der Waals surface area contributed by atoms with E-state index >= 15 is 0 Å². The van der Waals surface area contributed by atoms with Gasteiger partial charge in [0.1, 0.15) is 6.61 Å². The Balaban J connectivity index is 1.93. The molecule has 0 unspecified atom stereocenters. The highest BCUT2D eigenvalue weighted by molar-refractivity contribution is 14.1. The molecule has 0 spiro atoms. The van der Waals surface area contributed by atoms with Crippen LogP contribution in [-0.4, -0.2) is 12.4 Å². The van der Waals surface area contributed by atoms with Gasteiger partial charge in [-0.2, -0.15) is 0 Å². The third kappa shape index (κ3) is 4.65. The number of Topliss-reactive ketones (excluding diaryl/α,β-unsaturated/α-hetero) is 1. The largest absolute Gasteiger partial charge is 0.369 e. The number of rotatable bonds is 5. The number of ketones is 1. The fraction of sp³-hybridized carbons (Fsp3) is 0.316. The van der Waals surface area contributed by atoms with E-state index < -0.39 is 0 Å². The molecule has 0 aromatic heterocycles. The number of hydrogen-bond donors (Lipinski definition) is 0. The van der Waals surface area contributed by atoms with Crippen molar-refractivity contribution < 1.29 is 9.53 Å². The Morgan fingerprint density at radius 2 is 1.77 bits per heavy atom. The molecule has 22 heavy (non-hydrogen) atoms. The van der Waals surface area contributed by atoms with E-state index in [4.69, 9.17) is 4.74 Å². The lowest BCUT2D eigenvalue weighted by Gasteiger charge is -2.21. The predicted octanol–water partition coefficient (Wildman–Crippen LogP) is 4.99. The molecule has 0 bridgehead atoms. The van der Waals surface area contributed by atoms with Gasteiger partial charge >= 0.3 is 0 Å². The predicted molar refractivity (Wildman–Crippen MR) is 98.3 cm³/mol. The van der Waals surface area contributed by atoms with E-state index in [0.29, 0.717) is 12.2 Å². The SMILES string of the molecule is CC(C)(C)c1ccc(COCC(=O)c2ccccc2)cc1I. The van der Waals surface area contributed by atoms with Gasteiger partial charge in [0, 0.05) is 9.13 Å². The summed E-state index contributed by atoms with van der Waals surface area (Å²) in [6.45, 7) is 7.19. The first kappa shape index (κ1) is 17.2. The molecule has 0 aliphatic rings. The van der Waals surface area contributed by atoms with Gasteiger partial charge in [-0.15, -0.1) is 0 Å². The molecule has 0 N–H and O–H groups in total. The maximum atomic E-state index is 12.0. The quantitative estimate of drug-likeness (QED) is 0.515. The van der Waals surface area contributed by atoms with Crippen molar-refractivity contribution in [1.29, 1.82) is 0 Å². The molecule has 0 heterocycles. The van der Waals surface area contributed by atoms with Gasteiger partial charge in [0.15, 0.2) is 5.78 Å². The number of carbonyl (C=O) groups excluding carboxylic acids is 1. The summed E-state index contributed by atoms with van der Waals surface area (Å²) in [4.78, 5) is 12.0. The second-order valence-corrected chi connectivity index (χ2v) is 7.51. The fourth-order valence-electron chi connectivity index (χ4n) is 2.23. The normalized spacial score (nSPS) is 11.5. The first-order valence-electron chi connectivity index (χ1n) is 7.33. The lowest BCUT2D eigenvalue weighted by atomic mass is 9.87. The van der Waals surface area contributed by atoms with Crippen LogP contribution in [-0.2, 0) is 16.8 Å². The molecule has 2 rings (SSSR count). The minimum absolute atomic E-state index is 0.0154. The van der Waals surface area contributed by atoms with Crippen molar-refractivity contribution in [2.75, 3.05) is 6.61 Å². The first-order chi connectivity index (χ1) is 10.4. The number of benzene rings is 2. The van der Waals surface area contributed by atoms with E-state index in [1.165, 1.54) is 9.13 Å². The number of hydrogen-bond acceptors (Lipinski definition) is 2. The van der Waals surface area contributed by atoms with Crippen LogP contribution >= 0.6 is 22.6 Å². The number of ether oxygens (including phenoxy) is 1. The summed E-state index contributed by atoms with van der Waals surface area (Å²) in [7, 11) is 0. The van der Waals surface area contributed by atoms with Gasteiger partial charge in [-0.25, -0.2) is 0 Å². The molecule has 0 atom stereocenters. The van der Waals surface area contributed by atoms with Crippen molar-refractivity contribution in [2.24, 2.45) is 0 Å². The summed E-state index contributed by atoms with van der Waals surface area (Å²) in [6.07, 6.45) is 0. The van der Waals surface area contributed by atoms with Crippen molar-refractivity contribution in [3.05, 3.63) is 68.8 Å². The molecule has 2 aromatic rings. The minimum Gasteiger partial charge on any atom is -0.369 e. The van der Waals surface area contributed by atoms with Gasteiger partial charge in [0.2, 0.25) is 0 Å². The molecule has 0 radical (unpaired) electrons. The summed E-state index contributed by atoms with van der Waals surface area (Å²) < 4.78 is 6.80. The second-order valence-electron chi connectivity index (χ2n) is 6.35. The van der Waals surface area contributed by atoms with E-state index in [1.54, 1.807) is 0 Å². The molecule has 0 aliphatic heterocycles. The maximum absolute atomic E-state index is 12.0. The molecular weight excluding hydrogens is 387 g/mol. The lowest BCUT2D eigenvalue weighted by Crippen LogP contribution is -2.13.